The van der Waals surface area contributed by atoms with Gasteiger partial charge in [-0.25, -0.2) is 9.97 Å². The molecule has 0 atom stereocenters. The van der Waals surface area contributed by atoms with Crippen molar-refractivity contribution in [1.82, 2.24) is 19.8 Å². The molecule has 1 N–H and O–H groups in total. The minimum absolute atomic E-state index is 0.0905. The first-order chi connectivity index (χ1) is 12.2. The smallest absolute Gasteiger partial charge is 0.274 e. The molecular formula is C18H20N6O. The molecule has 1 aliphatic heterocycles. The van der Waals surface area contributed by atoms with Crippen molar-refractivity contribution < 1.29 is 4.79 Å². The van der Waals surface area contributed by atoms with E-state index in [1.54, 1.807) is 18.2 Å². The average Bonchev–Trinajstić information content (AvgIpc) is 2.68. The maximum Gasteiger partial charge on any atom is 0.274 e. The van der Waals surface area contributed by atoms with Crippen molar-refractivity contribution in [2.45, 2.75) is 6.92 Å². The quantitative estimate of drug-likeness (QED) is 0.917. The molecule has 0 radical (unpaired) electrons. The number of nitrogens with one attached hydrogen (secondary N) is 1. The Morgan fingerprint density at radius 3 is 2.60 bits per heavy atom. The topological polar surface area (TPSA) is 85.1 Å². The second-order valence-corrected chi connectivity index (χ2v) is 5.80. The highest BCUT2D eigenvalue weighted by Gasteiger charge is 2.22. The number of aromatic nitrogens is 2. The van der Waals surface area contributed by atoms with E-state index in [1.807, 2.05) is 11.0 Å². The van der Waals surface area contributed by atoms with Crippen LogP contribution in [-0.2, 0) is 0 Å². The van der Waals surface area contributed by atoms with Crippen molar-refractivity contribution in [2.75, 3.05) is 38.0 Å². The Bertz CT molecular complexity index is 775. The third-order valence-electron chi connectivity index (χ3n) is 4.29. The molecule has 1 aliphatic rings. The second kappa shape index (κ2) is 7.73. The van der Waals surface area contributed by atoms with Crippen LogP contribution in [0.1, 0.15) is 23.0 Å². The average molecular weight is 336 g/mol. The number of benzene rings is 1. The monoisotopic (exact) mass is 336 g/mol. The van der Waals surface area contributed by atoms with Gasteiger partial charge in [-0.2, -0.15) is 5.26 Å². The number of nitrogens with zero attached hydrogens (tertiary/aromatic N) is 5. The number of hydrogen-bond acceptors (Lipinski definition) is 6. The van der Waals surface area contributed by atoms with Crippen LogP contribution in [0.3, 0.4) is 0 Å². The first-order valence-electron chi connectivity index (χ1n) is 8.31. The van der Waals surface area contributed by atoms with Crippen LogP contribution in [0.4, 0.5) is 11.5 Å². The van der Waals surface area contributed by atoms with Crippen molar-refractivity contribution in [3.8, 4) is 6.07 Å². The van der Waals surface area contributed by atoms with Gasteiger partial charge in [-0.05, 0) is 18.7 Å². The zero-order valence-corrected chi connectivity index (χ0v) is 14.1. The second-order valence-electron chi connectivity index (χ2n) is 5.80. The van der Waals surface area contributed by atoms with E-state index in [2.05, 4.69) is 33.2 Å². The predicted molar refractivity (Wildman–Crippen MR) is 94.5 cm³/mol. The highest BCUT2D eigenvalue weighted by atomic mass is 16.2. The molecule has 1 fully saturated rings. The Hall–Kier alpha value is -2.98. The molecule has 1 amide bonds. The van der Waals surface area contributed by atoms with Gasteiger partial charge in [0.05, 0.1) is 23.6 Å². The zero-order valence-electron chi connectivity index (χ0n) is 14.1. The van der Waals surface area contributed by atoms with E-state index >= 15 is 0 Å². The summed E-state index contributed by atoms with van der Waals surface area (Å²) in [4.78, 5) is 25.1. The van der Waals surface area contributed by atoms with Crippen LogP contribution in [0.25, 0.3) is 0 Å². The first-order valence-corrected chi connectivity index (χ1v) is 8.31. The van der Waals surface area contributed by atoms with Crippen LogP contribution < -0.4 is 5.32 Å². The fraction of sp³-hybridized carbons (Fsp3) is 0.333. The maximum atomic E-state index is 12.5. The number of nitriles is 1. The van der Waals surface area contributed by atoms with Gasteiger partial charge in [-0.1, -0.05) is 19.1 Å². The van der Waals surface area contributed by atoms with E-state index < -0.39 is 0 Å². The largest absolute Gasteiger partial charge is 0.338 e. The third kappa shape index (κ3) is 3.92. The molecule has 1 saturated heterocycles. The van der Waals surface area contributed by atoms with Gasteiger partial charge in [-0.15, -0.1) is 0 Å². The molecule has 0 spiro atoms. The lowest BCUT2D eigenvalue weighted by atomic mass is 10.2. The summed E-state index contributed by atoms with van der Waals surface area (Å²) in [5.74, 6) is 0.405. The molecule has 0 bridgehead atoms. The molecule has 25 heavy (non-hydrogen) atoms. The lowest BCUT2D eigenvalue weighted by molar-refractivity contribution is 0.0637. The van der Waals surface area contributed by atoms with E-state index in [9.17, 15) is 4.79 Å². The van der Waals surface area contributed by atoms with Crippen LogP contribution in [0, 0.1) is 11.3 Å². The summed E-state index contributed by atoms with van der Waals surface area (Å²) >= 11 is 0. The van der Waals surface area contributed by atoms with Gasteiger partial charge in [0.1, 0.15) is 17.6 Å². The summed E-state index contributed by atoms with van der Waals surface area (Å²) in [5, 5.41) is 12.2. The normalized spacial score (nSPS) is 14.8. The van der Waals surface area contributed by atoms with Crippen molar-refractivity contribution in [2.24, 2.45) is 0 Å². The standard InChI is InChI=1S/C18H20N6O/c1-2-23-7-9-24(10-8-23)18(25)16-12-21-17(13-20-16)22-15-6-4-3-5-14(15)11-19/h3-6,12-13H,2,7-10H2,1H3,(H,21,22). The molecule has 2 heterocycles. The molecule has 1 aromatic carbocycles. The lowest BCUT2D eigenvalue weighted by Gasteiger charge is -2.33. The minimum atomic E-state index is -0.0905. The number of amides is 1. The van der Waals surface area contributed by atoms with Gasteiger partial charge in [0.25, 0.3) is 5.91 Å². The van der Waals surface area contributed by atoms with Crippen LogP contribution in [0.15, 0.2) is 36.7 Å². The molecule has 128 valence electrons. The number of piperazine rings is 1. The Morgan fingerprint density at radius 2 is 1.96 bits per heavy atom. The third-order valence-corrected chi connectivity index (χ3v) is 4.29. The summed E-state index contributed by atoms with van der Waals surface area (Å²) in [5.41, 5.74) is 1.52. The van der Waals surface area contributed by atoms with Crippen LogP contribution in [0.5, 0.6) is 0 Å². The number of anilines is 2. The highest BCUT2D eigenvalue weighted by molar-refractivity contribution is 5.92. The van der Waals surface area contributed by atoms with Gasteiger partial charge in [0, 0.05) is 26.2 Å². The van der Waals surface area contributed by atoms with Gasteiger partial charge >= 0.3 is 0 Å². The van der Waals surface area contributed by atoms with Crippen LogP contribution in [-0.4, -0.2) is 58.4 Å². The molecule has 7 heteroatoms. The Labute approximate surface area is 146 Å². The molecule has 2 aromatic rings. The van der Waals surface area contributed by atoms with E-state index in [4.69, 9.17) is 5.26 Å². The van der Waals surface area contributed by atoms with E-state index in [0.717, 1.165) is 19.6 Å². The lowest BCUT2D eigenvalue weighted by Crippen LogP contribution is -2.48. The highest BCUT2D eigenvalue weighted by Crippen LogP contribution is 2.18. The molecule has 3 rings (SSSR count). The maximum absolute atomic E-state index is 12.5. The summed E-state index contributed by atoms with van der Waals surface area (Å²) in [7, 11) is 0. The number of carbonyl (C=O) groups excluding carboxylic acids is 1. The van der Waals surface area contributed by atoms with Crippen molar-refractivity contribution >= 4 is 17.4 Å². The van der Waals surface area contributed by atoms with Gasteiger partial charge in [-0.3, -0.25) is 4.79 Å². The molecular weight excluding hydrogens is 316 g/mol. The number of likely N-dealkylation sites (N-methyl/N-ethyl adjacent to an activating group) is 1. The zero-order chi connectivity index (χ0) is 17.6. The van der Waals surface area contributed by atoms with Crippen molar-refractivity contribution in [3.63, 3.8) is 0 Å². The predicted octanol–water partition coefficient (Wildman–Crippen LogP) is 1.87. The van der Waals surface area contributed by atoms with Gasteiger partial charge in [0.2, 0.25) is 0 Å². The van der Waals surface area contributed by atoms with E-state index in [-0.39, 0.29) is 5.91 Å². The molecule has 1 aromatic heterocycles. The Kier molecular flexibility index (Phi) is 5.21. The summed E-state index contributed by atoms with van der Waals surface area (Å²) in [6.45, 7) is 6.33. The summed E-state index contributed by atoms with van der Waals surface area (Å²) in [6.07, 6.45) is 3.00. The molecule has 0 aliphatic carbocycles. The van der Waals surface area contributed by atoms with E-state index in [0.29, 0.717) is 35.9 Å². The first kappa shape index (κ1) is 16.9. The fourth-order valence-corrected chi connectivity index (χ4v) is 2.76. The Morgan fingerprint density at radius 1 is 1.20 bits per heavy atom. The Balaban J connectivity index is 1.66. The van der Waals surface area contributed by atoms with Gasteiger partial charge in [0.15, 0.2) is 0 Å². The SMILES string of the molecule is CCN1CCN(C(=O)c2cnc(Nc3ccccc3C#N)cn2)CC1. The number of para-hydroxylation sites is 1. The van der Waals surface area contributed by atoms with Crippen molar-refractivity contribution in [1.29, 1.82) is 5.26 Å². The molecule has 7 nitrogen and oxygen atoms in total. The van der Waals surface area contributed by atoms with Gasteiger partial charge < -0.3 is 15.1 Å². The fourth-order valence-electron chi connectivity index (χ4n) is 2.76. The number of carbonyl (C=O) groups is 1. The molecule has 0 unspecified atom stereocenters. The van der Waals surface area contributed by atoms with E-state index in [1.165, 1.54) is 12.4 Å². The minimum Gasteiger partial charge on any atom is -0.338 e. The number of rotatable bonds is 4. The summed E-state index contributed by atoms with van der Waals surface area (Å²) in [6, 6.07) is 9.28. The molecule has 0 saturated carbocycles. The van der Waals surface area contributed by atoms with Crippen molar-refractivity contribution in [3.05, 3.63) is 47.9 Å². The number of hydrogen-bond donors (Lipinski definition) is 1. The summed E-state index contributed by atoms with van der Waals surface area (Å²) < 4.78 is 0. The van der Waals surface area contributed by atoms with Crippen LogP contribution >= 0.6 is 0 Å². The van der Waals surface area contributed by atoms with Crippen LogP contribution in [0.2, 0.25) is 0 Å².